The summed E-state index contributed by atoms with van der Waals surface area (Å²) in [6.07, 6.45) is 1.27. The van der Waals surface area contributed by atoms with E-state index in [0.717, 1.165) is 11.3 Å². The van der Waals surface area contributed by atoms with E-state index in [2.05, 4.69) is 36.5 Å². The van der Waals surface area contributed by atoms with Gasteiger partial charge in [0, 0.05) is 38.2 Å². The number of hydrogen-bond acceptors (Lipinski definition) is 3. The molecule has 3 aromatic rings. The Labute approximate surface area is 199 Å². The van der Waals surface area contributed by atoms with Crippen molar-refractivity contribution >= 4 is 29.1 Å². The van der Waals surface area contributed by atoms with Crippen LogP contribution in [0.2, 0.25) is 5.02 Å². The normalized spacial score (nSPS) is 17.0. The molecule has 6 heteroatoms. The minimum absolute atomic E-state index is 0.0239. The van der Waals surface area contributed by atoms with Gasteiger partial charge in [-0.1, -0.05) is 65.7 Å². The van der Waals surface area contributed by atoms with Crippen molar-refractivity contribution in [1.29, 1.82) is 0 Å². The first-order valence-corrected chi connectivity index (χ1v) is 11.6. The maximum atomic E-state index is 13.6. The Hall–Kier alpha value is -3.31. The second-order valence-electron chi connectivity index (χ2n) is 8.85. The zero-order valence-electron chi connectivity index (χ0n) is 18.6. The molecular formula is C27H26ClN3O2. The Balaban J connectivity index is 1.43. The van der Waals surface area contributed by atoms with Crippen molar-refractivity contribution in [3.8, 4) is 0 Å². The molecule has 5 nitrogen and oxygen atoms in total. The van der Waals surface area contributed by atoms with Crippen molar-refractivity contribution in [2.45, 2.75) is 32.0 Å². The van der Waals surface area contributed by atoms with Crippen LogP contribution in [0.1, 0.15) is 44.7 Å². The van der Waals surface area contributed by atoms with Crippen LogP contribution in [0.15, 0.2) is 72.8 Å². The molecule has 2 aliphatic heterocycles. The first kappa shape index (κ1) is 21.5. The Morgan fingerprint density at radius 3 is 2.36 bits per heavy atom. The highest BCUT2D eigenvalue weighted by atomic mass is 35.5. The number of carbonyl (C=O) groups is 2. The number of benzene rings is 3. The van der Waals surface area contributed by atoms with Gasteiger partial charge in [-0.15, -0.1) is 0 Å². The van der Waals surface area contributed by atoms with Gasteiger partial charge in [-0.25, -0.2) is 0 Å². The van der Waals surface area contributed by atoms with Gasteiger partial charge < -0.3 is 15.1 Å². The second kappa shape index (κ2) is 8.56. The smallest absolute Gasteiger partial charge is 0.258 e. The van der Waals surface area contributed by atoms with Gasteiger partial charge >= 0.3 is 0 Å². The zero-order valence-corrected chi connectivity index (χ0v) is 19.3. The molecule has 1 N–H and O–H groups in total. The molecule has 0 atom stereocenters. The van der Waals surface area contributed by atoms with Gasteiger partial charge in [0.25, 0.3) is 11.8 Å². The molecule has 0 unspecified atom stereocenters. The average molecular weight is 460 g/mol. The van der Waals surface area contributed by atoms with Gasteiger partial charge in [0.1, 0.15) is 5.66 Å². The van der Waals surface area contributed by atoms with Crippen LogP contribution in [0.3, 0.4) is 0 Å². The number of piperidine rings is 1. The third kappa shape index (κ3) is 3.98. The topological polar surface area (TPSA) is 52.7 Å². The van der Waals surface area contributed by atoms with E-state index in [4.69, 9.17) is 11.6 Å². The molecule has 2 heterocycles. The van der Waals surface area contributed by atoms with Gasteiger partial charge in [0.15, 0.2) is 0 Å². The van der Waals surface area contributed by atoms with E-state index in [-0.39, 0.29) is 11.8 Å². The summed E-state index contributed by atoms with van der Waals surface area (Å²) in [6, 6.07) is 23.1. The molecular weight excluding hydrogens is 434 g/mol. The number of amides is 2. The molecule has 33 heavy (non-hydrogen) atoms. The van der Waals surface area contributed by atoms with Gasteiger partial charge in [-0.2, -0.15) is 0 Å². The maximum absolute atomic E-state index is 13.6. The summed E-state index contributed by atoms with van der Waals surface area (Å²) >= 11 is 6.27. The largest absolute Gasteiger partial charge is 0.362 e. The lowest BCUT2D eigenvalue weighted by Gasteiger charge is -2.52. The number of halogens is 1. The number of fused-ring (bicyclic) bond motifs is 1. The van der Waals surface area contributed by atoms with E-state index in [1.807, 2.05) is 46.2 Å². The second-order valence-corrected chi connectivity index (χ2v) is 9.26. The van der Waals surface area contributed by atoms with E-state index >= 15 is 0 Å². The number of hydrogen-bond donors (Lipinski definition) is 1. The Kier molecular flexibility index (Phi) is 5.59. The molecule has 3 aromatic carbocycles. The monoisotopic (exact) mass is 459 g/mol. The summed E-state index contributed by atoms with van der Waals surface area (Å²) in [5.74, 6) is -0.0427. The summed E-state index contributed by atoms with van der Waals surface area (Å²) in [5.41, 5.74) is 3.79. The highest BCUT2D eigenvalue weighted by Crippen LogP contribution is 2.39. The lowest BCUT2D eigenvalue weighted by atomic mass is 9.89. The van der Waals surface area contributed by atoms with Crippen molar-refractivity contribution in [2.75, 3.05) is 18.4 Å². The van der Waals surface area contributed by atoms with Crippen LogP contribution in [0.25, 0.3) is 0 Å². The van der Waals surface area contributed by atoms with Crippen LogP contribution in [-0.2, 0) is 6.54 Å². The summed E-state index contributed by atoms with van der Waals surface area (Å²) < 4.78 is 0. The fourth-order valence-corrected chi connectivity index (χ4v) is 5.03. The lowest BCUT2D eigenvalue weighted by Crippen LogP contribution is -2.64. The van der Waals surface area contributed by atoms with E-state index < -0.39 is 5.66 Å². The minimum Gasteiger partial charge on any atom is -0.362 e. The van der Waals surface area contributed by atoms with Crippen molar-refractivity contribution in [2.24, 2.45) is 0 Å². The number of nitrogens with one attached hydrogen (secondary N) is 1. The first-order chi connectivity index (χ1) is 16.0. The zero-order chi connectivity index (χ0) is 23.0. The Bertz CT molecular complexity index is 1200. The SMILES string of the molecule is Cc1ccc(CN2C(=O)c3ccccc3NC23CCN(C(=O)c2ccccc2Cl)CC3)cc1. The molecule has 1 spiro atoms. The fourth-order valence-electron chi connectivity index (χ4n) is 4.82. The number of rotatable bonds is 3. The minimum atomic E-state index is -0.548. The van der Waals surface area contributed by atoms with E-state index in [0.29, 0.717) is 48.6 Å². The average Bonchev–Trinajstić information content (AvgIpc) is 2.83. The fraction of sp³-hybridized carbons (Fsp3) is 0.259. The Morgan fingerprint density at radius 1 is 0.970 bits per heavy atom. The number of para-hydroxylation sites is 1. The van der Waals surface area contributed by atoms with Crippen molar-refractivity contribution in [3.05, 3.63) is 100 Å². The van der Waals surface area contributed by atoms with Crippen LogP contribution in [0, 0.1) is 6.92 Å². The summed E-state index contributed by atoms with van der Waals surface area (Å²) in [7, 11) is 0. The molecule has 2 aliphatic rings. The molecule has 168 valence electrons. The number of carbonyl (C=O) groups excluding carboxylic acids is 2. The van der Waals surface area contributed by atoms with Crippen LogP contribution in [0.4, 0.5) is 5.69 Å². The summed E-state index contributed by atoms with van der Waals surface area (Å²) in [4.78, 5) is 30.5. The number of anilines is 1. The predicted octanol–water partition coefficient (Wildman–Crippen LogP) is 5.35. The van der Waals surface area contributed by atoms with Gasteiger partial charge in [-0.05, 0) is 36.8 Å². The molecule has 0 saturated carbocycles. The van der Waals surface area contributed by atoms with Crippen LogP contribution < -0.4 is 5.32 Å². The van der Waals surface area contributed by atoms with Crippen molar-refractivity contribution in [3.63, 3.8) is 0 Å². The summed E-state index contributed by atoms with van der Waals surface area (Å²) in [5, 5.41) is 4.14. The number of nitrogens with zero attached hydrogens (tertiary/aromatic N) is 2. The third-order valence-electron chi connectivity index (χ3n) is 6.73. The van der Waals surface area contributed by atoms with Crippen molar-refractivity contribution < 1.29 is 9.59 Å². The van der Waals surface area contributed by atoms with E-state index in [1.54, 1.807) is 12.1 Å². The molecule has 1 saturated heterocycles. The molecule has 1 fully saturated rings. The van der Waals surface area contributed by atoms with E-state index in [1.165, 1.54) is 5.56 Å². The van der Waals surface area contributed by atoms with E-state index in [9.17, 15) is 9.59 Å². The first-order valence-electron chi connectivity index (χ1n) is 11.3. The lowest BCUT2D eigenvalue weighted by molar-refractivity contribution is 0.0229. The predicted molar refractivity (Wildman–Crippen MR) is 130 cm³/mol. The molecule has 0 bridgehead atoms. The highest BCUT2D eigenvalue weighted by Gasteiger charge is 2.47. The Morgan fingerprint density at radius 2 is 1.64 bits per heavy atom. The molecule has 0 aromatic heterocycles. The standard InChI is InChI=1S/C27H26ClN3O2/c1-19-10-12-20(13-11-19)18-31-26(33)22-7-3-5-9-24(22)29-27(31)14-16-30(17-15-27)25(32)21-6-2-4-8-23(21)28/h2-13,29H,14-18H2,1H3. The molecule has 0 aliphatic carbocycles. The molecule has 5 rings (SSSR count). The van der Waals surface area contributed by atoms with Crippen LogP contribution in [-0.4, -0.2) is 40.4 Å². The molecule has 2 amide bonds. The number of aryl methyl sites for hydroxylation is 1. The van der Waals surface area contributed by atoms with Gasteiger partial charge in [0.2, 0.25) is 0 Å². The maximum Gasteiger partial charge on any atom is 0.258 e. The van der Waals surface area contributed by atoms with Gasteiger partial charge in [0.05, 0.1) is 16.1 Å². The number of likely N-dealkylation sites (tertiary alicyclic amines) is 1. The van der Waals surface area contributed by atoms with Gasteiger partial charge in [-0.3, -0.25) is 9.59 Å². The van der Waals surface area contributed by atoms with Crippen LogP contribution >= 0.6 is 11.6 Å². The van der Waals surface area contributed by atoms with Crippen LogP contribution in [0.5, 0.6) is 0 Å². The molecule has 0 radical (unpaired) electrons. The quantitative estimate of drug-likeness (QED) is 0.574. The van der Waals surface area contributed by atoms with Crippen molar-refractivity contribution in [1.82, 2.24) is 9.80 Å². The highest BCUT2D eigenvalue weighted by molar-refractivity contribution is 6.33. The third-order valence-corrected chi connectivity index (χ3v) is 7.06. The summed E-state index contributed by atoms with van der Waals surface area (Å²) in [6.45, 7) is 3.65.